The number of aromatic nitrogens is 2. The van der Waals surface area contributed by atoms with E-state index in [-0.39, 0.29) is 29.4 Å². The minimum atomic E-state index is -0.368. The number of rotatable bonds is 6. The van der Waals surface area contributed by atoms with Crippen LogP contribution < -0.4 is 10.6 Å². The third-order valence-corrected chi connectivity index (χ3v) is 4.34. The van der Waals surface area contributed by atoms with Gasteiger partial charge in [0.05, 0.1) is 11.4 Å². The van der Waals surface area contributed by atoms with Crippen molar-refractivity contribution in [2.75, 3.05) is 18.4 Å². The van der Waals surface area contributed by atoms with Crippen molar-refractivity contribution in [3.63, 3.8) is 0 Å². The molecule has 3 amide bonds. The average molecular weight is 414 g/mol. The minimum absolute atomic E-state index is 0.0272. The van der Waals surface area contributed by atoms with E-state index < -0.39 is 0 Å². The summed E-state index contributed by atoms with van der Waals surface area (Å²) in [5, 5.41) is 10.6. The summed E-state index contributed by atoms with van der Waals surface area (Å²) in [6.07, 6.45) is 0.765. The van der Waals surface area contributed by atoms with Crippen molar-refractivity contribution < 1.29 is 9.59 Å². The van der Waals surface area contributed by atoms with E-state index in [1.54, 1.807) is 4.68 Å². The van der Waals surface area contributed by atoms with Crippen LogP contribution in [0.25, 0.3) is 5.69 Å². The van der Waals surface area contributed by atoms with Gasteiger partial charge < -0.3 is 15.5 Å². The van der Waals surface area contributed by atoms with E-state index in [0.29, 0.717) is 12.4 Å². The SMILES string of the molecule is CCCN(CC(=O)Nc1cc(C(C)(C)C)nn1-c1ccccc1)C(=O)NC(C)(C)C. The Hall–Kier alpha value is -2.83. The van der Waals surface area contributed by atoms with E-state index in [4.69, 9.17) is 5.10 Å². The smallest absolute Gasteiger partial charge is 0.318 e. The predicted octanol–water partition coefficient (Wildman–Crippen LogP) is 4.33. The summed E-state index contributed by atoms with van der Waals surface area (Å²) in [4.78, 5) is 27.0. The Morgan fingerprint density at radius 1 is 1.07 bits per heavy atom. The summed E-state index contributed by atoms with van der Waals surface area (Å²) >= 11 is 0. The van der Waals surface area contributed by atoms with Crippen molar-refractivity contribution in [1.82, 2.24) is 20.0 Å². The summed E-state index contributed by atoms with van der Waals surface area (Å²) in [7, 11) is 0. The first-order valence-electron chi connectivity index (χ1n) is 10.4. The van der Waals surface area contributed by atoms with Crippen LogP contribution in [0.2, 0.25) is 0 Å². The standard InChI is InChI=1S/C23H35N5O2/c1-8-14-27(21(30)25-23(5,6)7)16-20(29)24-19-15-18(22(2,3)4)26-28(19)17-12-10-9-11-13-17/h9-13,15H,8,14,16H2,1-7H3,(H,24,29)(H,25,30). The van der Waals surface area contributed by atoms with Crippen molar-refractivity contribution in [2.45, 2.75) is 65.8 Å². The molecular formula is C23H35N5O2. The lowest BCUT2D eigenvalue weighted by molar-refractivity contribution is -0.116. The molecule has 7 nitrogen and oxygen atoms in total. The third kappa shape index (κ3) is 6.61. The second kappa shape index (κ2) is 9.32. The van der Waals surface area contributed by atoms with Crippen LogP contribution in [-0.4, -0.2) is 45.2 Å². The van der Waals surface area contributed by atoms with Crippen molar-refractivity contribution >= 4 is 17.8 Å². The molecular weight excluding hydrogens is 378 g/mol. The number of carbonyl (C=O) groups is 2. The highest BCUT2D eigenvalue weighted by molar-refractivity contribution is 5.94. The van der Waals surface area contributed by atoms with E-state index in [1.807, 2.05) is 64.1 Å². The summed E-state index contributed by atoms with van der Waals surface area (Å²) in [5.74, 6) is 0.328. The summed E-state index contributed by atoms with van der Waals surface area (Å²) in [5.41, 5.74) is 1.20. The number of carbonyl (C=O) groups excluding carboxylic acids is 2. The Bertz CT molecular complexity index is 860. The molecule has 1 heterocycles. The van der Waals surface area contributed by atoms with Gasteiger partial charge >= 0.3 is 6.03 Å². The number of benzene rings is 1. The van der Waals surface area contributed by atoms with Crippen LogP contribution in [0.1, 0.15) is 60.6 Å². The van der Waals surface area contributed by atoms with Crippen molar-refractivity contribution in [1.29, 1.82) is 0 Å². The fourth-order valence-corrected chi connectivity index (χ4v) is 2.88. The second-order valence-electron chi connectivity index (χ2n) is 9.56. The Kier molecular flexibility index (Phi) is 7.29. The maximum atomic E-state index is 12.8. The van der Waals surface area contributed by atoms with Crippen molar-refractivity contribution in [3.05, 3.63) is 42.1 Å². The molecule has 0 spiro atoms. The molecule has 0 aliphatic carbocycles. The topological polar surface area (TPSA) is 79.3 Å². The van der Waals surface area contributed by atoms with E-state index in [0.717, 1.165) is 17.8 Å². The first-order chi connectivity index (χ1) is 13.9. The largest absolute Gasteiger partial charge is 0.333 e. The summed E-state index contributed by atoms with van der Waals surface area (Å²) < 4.78 is 1.73. The molecule has 0 unspecified atom stereocenters. The Labute approximate surface area is 179 Å². The Balaban J connectivity index is 2.24. The molecule has 0 radical (unpaired) electrons. The molecule has 2 rings (SSSR count). The monoisotopic (exact) mass is 413 g/mol. The molecule has 1 aromatic heterocycles. The van der Waals surface area contributed by atoms with Crippen LogP contribution in [0.3, 0.4) is 0 Å². The molecule has 0 aliphatic rings. The van der Waals surface area contributed by atoms with Crippen LogP contribution in [0.15, 0.2) is 36.4 Å². The van der Waals surface area contributed by atoms with Crippen molar-refractivity contribution in [3.8, 4) is 5.69 Å². The van der Waals surface area contributed by atoms with Gasteiger partial charge in [-0.3, -0.25) is 4.79 Å². The molecule has 164 valence electrons. The van der Waals surface area contributed by atoms with E-state index in [9.17, 15) is 9.59 Å². The van der Waals surface area contributed by atoms with Gasteiger partial charge in [-0.1, -0.05) is 45.9 Å². The zero-order chi connectivity index (χ0) is 22.5. The van der Waals surface area contributed by atoms with Crippen LogP contribution in [0.5, 0.6) is 0 Å². The molecule has 0 saturated heterocycles. The lowest BCUT2D eigenvalue weighted by Crippen LogP contribution is -2.50. The van der Waals surface area contributed by atoms with E-state index >= 15 is 0 Å². The maximum absolute atomic E-state index is 12.8. The van der Waals surface area contributed by atoms with Crippen LogP contribution in [-0.2, 0) is 10.2 Å². The third-order valence-electron chi connectivity index (χ3n) is 4.34. The summed E-state index contributed by atoms with van der Waals surface area (Å²) in [6.45, 7) is 14.4. The van der Waals surface area contributed by atoms with E-state index in [1.165, 1.54) is 4.90 Å². The number of nitrogens with zero attached hydrogens (tertiary/aromatic N) is 3. The lowest BCUT2D eigenvalue weighted by Gasteiger charge is -2.27. The van der Waals surface area contributed by atoms with Gasteiger partial charge in [-0.25, -0.2) is 9.48 Å². The molecule has 0 fully saturated rings. The number of hydrogen-bond acceptors (Lipinski definition) is 3. The highest BCUT2D eigenvalue weighted by Gasteiger charge is 2.24. The number of urea groups is 1. The molecule has 0 aliphatic heterocycles. The quantitative estimate of drug-likeness (QED) is 0.740. The van der Waals surface area contributed by atoms with Gasteiger partial charge in [-0.05, 0) is 39.3 Å². The number of hydrogen-bond donors (Lipinski definition) is 2. The zero-order valence-electron chi connectivity index (χ0n) is 19.2. The molecule has 0 bridgehead atoms. The van der Waals surface area contributed by atoms with Crippen LogP contribution in [0.4, 0.5) is 10.6 Å². The Morgan fingerprint density at radius 2 is 1.70 bits per heavy atom. The highest BCUT2D eigenvalue weighted by atomic mass is 16.2. The van der Waals surface area contributed by atoms with Crippen LogP contribution in [0, 0.1) is 0 Å². The first kappa shape index (κ1) is 23.4. The predicted molar refractivity (Wildman–Crippen MR) is 121 cm³/mol. The molecule has 0 saturated carbocycles. The fourth-order valence-electron chi connectivity index (χ4n) is 2.88. The van der Waals surface area contributed by atoms with Gasteiger partial charge in [0.1, 0.15) is 12.4 Å². The number of nitrogens with one attached hydrogen (secondary N) is 2. The van der Waals surface area contributed by atoms with Crippen LogP contribution >= 0.6 is 0 Å². The number of anilines is 1. The zero-order valence-corrected chi connectivity index (χ0v) is 19.2. The van der Waals surface area contributed by atoms with Gasteiger partial charge in [0.15, 0.2) is 0 Å². The minimum Gasteiger partial charge on any atom is -0.333 e. The number of para-hydroxylation sites is 1. The molecule has 2 aromatic rings. The normalized spacial score (nSPS) is 11.8. The average Bonchev–Trinajstić information content (AvgIpc) is 3.04. The van der Waals surface area contributed by atoms with Crippen molar-refractivity contribution in [2.24, 2.45) is 0 Å². The maximum Gasteiger partial charge on any atom is 0.318 e. The van der Waals surface area contributed by atoms with E-state index in [2.05, 4.69) is 31.4 Å². The molecule has 30 heavy (non-hydrogen) atoms. The van der Waals surface area contributed by atoms with Gasteiger partial charge in [0.25, 0.3) is 0 Å². The van der Waals surface area contributed by atoms with Gasteiger partial charge in [0, 0.05) is 23.6 Å². The molecule has 2 N–H and O–H groups in total. The first-order valence-corrected chi connectivity index (χ1v) is 10.4. The fraction of sp³-hybridized carbons (Fsp3) is 0.522. The second-order valence-corrected chi connectivity index (χ2v) is 9.56. The van der Waals surface area contributed by atoms with Gasteiger partial charge in [-0.2, -0.15) is 5.10 Å². The molecule has 0 atom stereocenters. The van der Waals surface area contributed by atoms with Gasteiger partial charge in [0.2, 0.25) is 5.91 Å². The Morgan fingerprint density at radius 3 is 2.23 bits per heavy atom. The molecule has 1 aromatic carbocycles. The highest BCUT2D eigenvalue weighted by Crippen LogP contribution is 2.26. The molecule has 7 heteroatoms. The van der Waals surface area contributed by atoms with Gasteiger partial charge in [-0.15, -0.1) is 0 Å². The number of amides is 3. The summed E-state index contributed by atoms with van der Waals surface area (Å²) in [6, 6.07) is 11.3. The lowest BCUT2D eigenvalue weighted by atomic mass is 9.92.